The first-order valence-corrected chi connectivity index (χ1v) is 10.8. The summed E-state index contributed by atoms with van der Waals surface area (Å²) in [5.41, 5.74) is 9.23. The summed E-state index contributed by atoms with van der Waals surface area (Å²) in [7, 11) is 0. The predicted octanol–water partition coefficient (Wildman–Crippen LogP) is 4.70. The van der Waals surface area contributed by atoms with Crippen molar-refractivity contribution < 1.29 is 4.42 Å². The van der Waals surface area contributed by atoms with Crippen LogP contribution in [0, 0.1) is 10.6 Å². The lowest BCUT2D eigenvalue weighted by molar-refractivity contribution is 0.404. The first-order valence-electron chi connectivity index (χ1n) is 9.72. The van der Waals surface area contributed by atoms with Crippen molar-refractivity contribution in [2.45, 2.75) is 19.9 Å². The molecule has 3 heterocycles. The van der Waals surface area contributed by atoms with Crippen molar-refractivity contribution in [2.24, 2.45) is 0 Å². The Bertz CT molecular complexity index is 1520. The molecular weight excluding hydrogens is 505 g/mol. The van der Waals surface area contributed by atoms with Crippen molar-refractivity contribution in [3.63, 3.8) is 0 Å². The van der Waals surface area contributed by atoms with Crippen LogP contribution < -0.4 is 11.4 Å². The number of aryl methyl sites for hydroxylation is 1. The average molecular weight is 523 g/mol. The highest BCUT2D eigenvalue weighted by atomic mass is 127. The summed E-state index contributed by atoms with van der Waals surface area (Å²) in [6.07, 6.45) is 1.41. The van der Waals surface area contributed by atoms with Crippen molar-refractivity contribution >= 4 is 50.2 Å². The van der Waals surface area contributed by atoms with Crippen LogP contribution in [-0.2, 0) is 0 Å². The van der Waals surface area contributed by atoms with Crippen molar-refractivity contribution in [3.05, 3.63) is 80.3 Å². The summed E-state index contributed by atoms with van der Waals surface area (Å²) in [6, 6.07) is 15.2. The number of hydrogen-bond acceptors (Lipinski definition) is 6. The number of nitrogens with zero attached hydrogens (tertiary/aromatic N) is 4. The van der Waals surface area contributed by atoms with Crippen molar-refractivity contribution in [3.8, 4) is 11.1 Å². The van der Waals surface area contributed by atoms with E-state index in [2.05, 4.69) is 43.7 Å². The third-order valence-corrected chi connectivity index (χ3v) is 6.15. The number of halogens is 1. The molecule has 2 aromatic carbocycles. The minimum absolute atomic E-state index is 0.367. The van der Waals surface area contributed by atoms with Gasteiger partial charge in [0.15, 0.2) is 5.65 Å². The number of benzene rings is 2. The van der Waals surface area contributed by atoms with E-state index in [1.165, 1.54) is 6.33 Å². The molecule has 0 aliphatic rings. The van der Waals surface area contributed by atoms with Gasteiger partial charge in [-0.15, -0.1) is 0 Å². The summed E-state index contributed by atoms with van der Waals surface area (Å²) in [5, 5.41) is 6.72. The lowest BCUT2D eigenvalue weighted by Crippen LogP contribution is -2.14. The van der Waals surface area contributed by atoms with E-state index < -0.39 is 6.04 Å². The summed E-state index contributed by atoms with van der Waals surface area (Å²) >= 11 is 2.12. The molecule has 0 saturated carbocycles. The van der Waals surface area contributed by atoms with Gasteiger partial charge in [0, 0.05) is 10.9 Å². The van der Waals surface area contributed by atoms with Crippen LogP contribution in [0.25, 0.3) is 32.9 Å². The molecule has 0 saturated heterocycles. The topological polar surface area (TPSA) is 99.8 Å². The van der Waals surface area contributed by atoms with Crippen molar-refractivity contribution in [1.29, 1.82) is 0 Å². The lowest BCUT2D eigenvalue weighted by Gasteiger charge is -2.18. The normalized spacial score (nSPS) is 12.5. The van der Waals surface area contributed by atoms with E-state index >= 15 is 0 Å². The Labute approximate surface area is 191 Å². The second-order valence-corrected chi connectivity index (χ2v) is 8.43. The molecule has 5 aromatic rings. The van der Waals surface area contributed by atoms with Gasteiger partial charge in [0.25, 0.3) is 0 Å². The highest BCUT2D eigenvalue weighted by Gasteiger charge is 2.25. The molecule has 0 fully saturated rings. The van der Waals surface area contributed by atoms with Crippen LogP contribution in [0.15, 0.2) is 64.1 Å². The molecule has 154 valence electrons. The maximum absolute atomic E-state index is 12.9. The Morgan fingerprint density at radius 1 is 1.10 bits per heavy atom. The molecular formula is C23H18IN5O2. The second-order valence-electron chi connectivity index (χ2n) is 7.41. The van der Waals surface area contributed by atoms with Crippen LogP contribution in [0.4, 0.5) is 5.82 Å². The fourth-order valence-electron chi connectivity index (χ4n) is 3.94. The third-order valence-electron chi connectivity index (χ3n) is 5.39. The first kappa shape index (κ1) is 19.7. The van der Waals surface area contributed by atoms with Crippen LogP contribution in [0.1, 0.15) is 24.3 Å². The van der Waals surface area contributed by atoms with E-state index in [1.54, 1.807) is 10.7 Å². The van der Waals surface area contributed by atoms with Crippen LogP contribution in [0.5, 0.6) is 0 Å². The zero-order chi connectivity index (χ0) is 21.7. The fourth-order valence-corrected chi connectivity index (χ4v) is 4.69. The van der Waals surface area contributed by atoms with Gasteiger partial charge < -0.3 is 10.2 Å². The minimum atomic E-state index is -0.409. The molecule has 0 spiro atoms. The molecule has 7 nitrogen and oxygen atoms in total. The van der Waals surface area contributed by atoms with E-state index in [0.717, 1.165) is 22.1 Å². The monoisotopic (exact) mass is 523 g/mol. The molecule has 0 bridgehead atoms. The fraction of sp³-hybridized carbons (Fsp3) is 0.130. The smallest absolute Gasteiger partial charge is 0.343 e. The van der Waals surface area contributed by atoms with Crippen molar-refractivity contribution in [1.82, 2.24) is 19.7 Å². The van der Waals surface area contributed by atoms with Gasteiger partial charge in [-0.3, -0.25) is 0 Å². The molecule has 2 N–H and O–H groups in total. The van der Waals surface area contributed by atoms with E-state index in [-0.39, 0.29) is 5.63 Å². The lowest BCUT2D eigenvalue weighted by atomic mass is 9.95. The highest BCUT2D eigenvalue weighted by molar-refractivity contribution is 14.1. The zero-order valence-corrected chi connectivity index (χ0v) is 19.0. The van der Waals surface area contributed by atoms with Gasteiger partial charge >= 0.3 is 5.63 Å². The standard InChI is InChI=1S/C23H18IN5O2/c1-12-6-5-7-14(10-12)17-15-8-3-4-9-16(15)23(30)31-19(17)13(2)29-22-18(20(24)28-29)21(25)26-11-27-22/h3-11,13H,1-2H3,(H2,25,26,27). The Balaban J connectivity index is 1.84. The molecule has 1 atom stereocenters. The molecule has 1 unspecified atom stereocenters. The minimum Gasteiger partial charge on any atom is -0.424 e. The zero-order valence-electron chi connectivity index (χ0n) is 16.8. The molecule has 31 heavy (non-hydrogen) atoms. The summed E-state index contributed by atoms with van der Waals surface area (Å²) in [4.78, 5) is 21.3. The average Bonchev–Trinajstić information content (AvgIpc) is 3.11. The van der Waals surface area contributed by atoms with Crippen LogP contribution in [0.2, 0.25) is 0 Å². The van der Waals surface area contributed by atoms with Gasteiger partial charge in [-0.1, -0.05) is 48.0 Å². The Morgan fingerprint density at radius 2 is 1.87 bits per heavy atom. The van der Waals surface area contributed by atoms with E-state index in [4.69, 9.17) is 10.2 Å². The highest BCUT2D eigenvalue weighted by Crippen LogP contribution is 2.37. The van der Waals surface area contributed by atoms with Gasteiger partial charge in [-0.2, -0.15) is 5.10 Å². The van der Waals surface area contributed by atoms with Gasteiger partial charge in [0.05, 0.1) is 10.8 Å². The largest absolute Gasteiger partial charge is 0.424 e. The van der Waals surface area contributed by atoms with E-state index in [9.17, 15) is 4.79 Å². The summed E-state index contributed by atoms with van der Waals surface area (Å²) in [5.74, 6) is 0.888. The van der Waals surface area contributed by atoms with Gasteiger partial charge in [0.1, 0.15) is 27.6 Å². The summed E-state index contributed by atoms with van der Waals surface area (Å²) < 4.78 is 8.36. The number of nitrogens with two attached hydrogens (primary N) is 1. The van der Waals surface area contributed by atoms with Gasteiger partial charge in [-0.25, -0.2) is 19.4 Å². The number of hydrogen-bond donors (Lipinski definition) is 1. The molecule has 0 amide bonds. The Kier molecular flexibility index (Phi) is 4.73. The number of aromatic nitrogens is 4. The number of fused-ring (bicyclic) bond motifs is 2. The molecule has 0 radical (unpaired) electrons. The molecule has 8 heteroatoms. The van der Waals surface area contributed by atoms with Crippen molar-refractivity contribution in [2.75, 3.05) is 5.73 Å². The Hall–Kier alpha value is -3.27. The van der Waals surface area contributed by atoms with Crippen LogP contribution >= 0.6 is 22.6 Å². The molecule has 5 rings (SSSR count). The Morgan fingerprint density at radius 3 is 2.65 bits per heavy atom. The second kappa shape index (κ2) is 7.45. The third kappa shape index (κ3) is 3.18. The number of rotatable bonds is 3. The molecule has 0 aliphatic carbocycles. The maximum Gasteiger partial charge on any atom is 0.343 e. The summed E-state index contributed by atoms with van der Waals surface area (Å²) in [6.45, 7) is 3.98. The maximum atomic E-state index is 12.9. The first-order chi connectivity index (χ1) is 15.0. The number of nitrogen functional groups attached to an aromatic ring is 1. The van der Waals surface area contributed by atoms with Gasteiger partial charge in [0.2, 0.25) is 0 Å². The molecule has 3 aromatic heterocycles. The van der Waals surface area contributed by atoms with Crippen LogP contribution in [-0.4, -0.2) is 19.7 Å². The quantitative estimate of drug-likeness (QED) is 0.344. The van der Waals surface area contributed by atoms with E-state index in [0.29, 0.717) is 31.7 Å². The van der Waals surface area contributed by atoms with Gasteiger partial charge in [-0.05, 0) is 48.1 Å². The predicted molar refractivity (Wildman–Crippen MR) is 129 cm³/mol. The van der Waals surface area contributed by atoms with Crippen LogP contribution in [0.3, 0.4) is 0 Å². The molecule has 0 aliphatic heterocycles. The SMILES string of the molecule is Cc1cccc(-c2c(C(C)n3nc(I)c4c(N)ncnc43)oc(=O)c3ccccc23)c1. The van der Waals surface area contributed by atoms with E-state index in [1.807, 2.05) is 50.2 Å². The number of anilines is 1.